The number of benzene rings is 1. The SMILES string of the molecule is CN=C(NCCC(=O)NCc1ccccc1)NCCN1CCOCC1.I. The molecule has 1 aliphatic heterocycles. The van der Waals surface area contributed by atoms with Gasteiger partial charge in [0.25, 0.3) is 0 Å². The lowest BCUT2D eigenvalue weighted by Crippen LogP contribution is -2.45. The van der Waals surface area contributed by atoms with E-state index in [0.717, 1.165) is 50.9 Å². The predicted molar refractivity (Wildman–Crippen MR) is 115 cm³/mol. The second-order valence-corrected chi connectivity index (χ2v) is 5.89. The minimum Gasteiger partial charge on any atom is -0.379 e. The largest absolute Gasteiger partial charge is 0.379 e. The molecule has 26 heavy (non-hydrogen) atoms. The molecular formula is C18H30IN5O2. The van der Waals surface area contributed by atoms with Gasteiger partial charge in [-0.1, -0.05) is 30.3 Å². The van der Waals surface area contributed by atoms with Gasteiger partial charge in [0.1, 0.15) is 0 Å². The zero-order chi connectivity index (χ0) is 17.7. The lowest BCUT2D eigenvalue weighted by atomic mass is 10.2. The first kappa shape index (κ1) is 22.7. The lowest BCUT2D eigenvalue weighted by molar-refractivity contribution is -0.121. The minimum absolute atomic E-state index is 0. The van der Waals surface area contributed by atoms with Crippen molar-refractivity contribution < 1.29 is 9.53 Å². The smallest absolute Gasteiger partial charge is 0.222 e. The highest BCUT2D eigenvalue weighted by molar-refractivity contribution is 14.0. The van der Waals surface area contributed by atoms with E-state index in [2.05, 4.69) is 25.8 Å². The summed E-state index contributed by atoms with van der Waals surface area (Å²) in [7, 11) is 1.74. The highest BCUT2D eigenvalue weighted by Crippen LogP contribution is 1.97. The summed E-state index contributed by atoms with van der Waals surface area (Å²) >= 11 is 0. The quantitative estimate of drug-likeness (QED) is 0.295. The summed E-state index contributed by atoms with van der Waals surface area (Å²) in [6, 6.07) is 9.90. The standard InChI is InChI=1S/C18H29N5O2.HI/c1-19-18(21-9-10-23-11-13-25-14-12-23)20-8-7-17(24)22-15-16-5-3-2-4-6-16;/h2-6H,7-15H2,1H3,(H,22,24)(H2,19,20,21);1H. The second kappa shape index (κ2) is 13.8. The normalized spacial score (nSPS) is 15.0. The number of aliphatic imine (C=N–C) groups is 1. The molecule has 0 saturated carbocycles. The van der Waals surface area contributed by atoms with E-state index in [9.17, 15) is 4.79 Å². The molecule has 8 heteroatoms. The van der Waals surface area contributed by atoms with Crippen LogP contribution in [-0.2, 0) is 16.1 Å². The lowest BCUT2D eigenvalue weighted by Gasteiger charge is -2.26. The Balaban J connectivity index is 0.00000338. The van der Waals surface area contributed by atoms with E-state index >= 15 is 0 Å². The van der Waals surface area contributed by atoms with Crippen molar-refractivity contribution in [3.63, 3.8) is 0 Å². The Morgan fingerprint density at radius 2 is 1.81 bits per heavy atom. The van der Waals surface area contributed by atoms with Crippen LogP contribution in [-0.4, -0.2) is 69.8 Å². The third-order valence-corrected chi connectivity index (χ3v) is 4.02. The van der Waals surface area contributed by atoms with Gasteiger partial charge in [-0.3, -0.25) is 14.7 Å². The van der Waals surface area contributed by atoms with Crippen molar-refractivity contribution in [1.29, 1.82) is 0 Å². The molecule has 0 radical (unpaired) electrons. The van der Waals surface area contributed by atoms with Gasteiger partial charge in [-0.2, -0.15) is 0 Å². The van der Waals surface area contributed by atoms with Crippen molar-refractivity contribution in [2.75, 3.05) is 53.0 Å². The molecule has 0 aliphatic carbocycles. The van der Waals surface area contributed by atoms with Crippen LogP contribution < -0.4 is 16.0 Å². The van der Waals surface area contributed by atoms with Crippen molar-refractivity contribution in [3.8, 4) is 0 Å². The molecule has 0 atom stereocenters. The summed E-state index contributed by atoms with van der Waals surface area (Å²) in [5, 5.41) is 9.36. The van der Waals surface area contributed by atoms with Crippen molar-refractivity contribution in [3.05, 3.63) is 35.9 Å². The van der Waals surface area contributed by atoms with E-state index in [1.165, 1.54) is 0 Å². The van der Waals surface area contributed by atoms with Crippen LogP contribution in [0.25, 0.3) is 0 Å². The number of halogens is 1. The van der Waals surface area contributed by atoms with E-state index < -0.39 is 0 Å². The molecule has 1 aliphatic rings. The molecule has 1 aromatic carbocycles. The number of carbonyl (C=O) groups excluding carboxylic acids is 1. The fraction of sp³-hybridized carbons (Fsp3) is 0.556. The monoisotopic (exact) mass is 475 g/mol. The number of hydrogen-bond donors (Lipinski definition) is 3. The molecule has 7 nitrogen and oxygen atoms in total. The van der Waals surface area contributed by atoms with Gasteiger partial charge < -0.3 is 20.7 Å². The Labute approximate surface area is 173 Å². The number of guanidine groups is 1. The maximum Gasteiger partial charge on any atom is 0.222 e. The fourth-order valence-corrected chi connectivity index (χ4v) is 2.56. The highest BCUT2D eigenvalue weighted by Gasteiger charge is 2.09. The Morgan fingerprint density at radius 3 is 2.50 bits per heavy atom. The van der Waals surface area contributed by atoms with Crippen LogP contribution in [0.4, 0.5) is 0 Å². The van der Waals surface area contributed by atoms with E-state index in [0.29, 0.717) is 19.5 Å². The Morgan fingerprint density at radius 1 is 1.12 bits per heavy atom. The van der Waals surface area contributed by atoms with Gasteiger partial charge >= 0.3 is 0 Å². The molecule has 1 saturated heterocycles. The number of ether oxygens (including phenoxy) is 1. The molecule has 3 N–H and O–H groups in total. The molecule has 1 fully saturated rings. The summed E-state index contributed by atoms with van der Waals surface area (Å²) in [5.74, 6) is 0.754. The maximum atomic E-state index is 11.9. The third-order valence-electron chi connectivity index (χ3n) is 4.02. The number of amides is 1. The van der Waals surface area contributed by atoms with E-state index in [4.69, 9.17) is 4.74 Å². The van der Waals surface area contributed by atoms with Crippen LogP contribution in [0.1, 0.15) is 12.0 Å². The summed E-state index contributed by atoms with van der Waals surface area (Å²) < 4.78 is 5.34. The number of rotatable bonds is 8. The number of nitrogens with one attached hydrogen (secondary N) is 3. The van der Waals surface area contributed by atoms with Crippen LogP contribution in [0.5, 0.6) is 0 Å². The first-order valence-corrected chi connectivity index (χ1v) is 8.83. The molecular weight excluding hydrogens is 445 g/mol. The van der Waals surface area contributed by atoms with E-state index in [-0.39, 0.29) is 29.9 Å². The maximum absolute atomic E-state index is 11.9. The van der Waals surface area contributed by atoms with Gasteiger partial charge in [-0.25, -0.2) is 0 Å². The van der Waals surface area contributed by atoms with Crippen molar-refractivity contribution in [1.82, 2.24) is 20.9 Å². The second-order valence-electron chi connectivity index (χ2n) is 5.89. The molecule has 146 valence electrons. The van der Waals surface area contributed by atoms with E-state index in [1.807, 2.05) is 30.3 Å². The number of carbonyl (C=O) groups is 1. The topological polar surface area (TPSA) is 78.0 Å². The van der Waals surface area contributed by atoms with Crippen molar-refractivity contribution in [2.45, 2.75) is 13.0 Å². The average molecular weight is 475 g/mol. The van der Waals surface area contributed by atoms with Gasteiger partial charge in [0.2, 0.25) is 5.91 Å². The van der Waals surface area contributed by atoms with Crippen molar-refractivity contribution >= 4 is 35.8 Å². The molecule has 0 spiro atoms. The van der Waals surface area contributed by atoms with Crippen LogP contribution in [0, 0.1) is 0 Å². The Bertz CT molecular complexity index is 536. The van der Waals surface area contributed by atoms with Crippen LogP contribution in [0.2, 0.25) is 0 Å². The zero-order valence-corrected chi connectivity index (χ0v) is 17.7. The molecule has 0 aromatic heterocycles. The average Bonchev–Trinajstić information content (AvgIpc) is 2.67. The van der Waals surface area contributed by atoms with Gasteiger partial charge in [0.05, 0.1) is 13.2 Å². The van der Waals surface area contributed by atoms with Gasteiger partial charge in [0, 0.05) is 52.7 Å². The number of hydrogen-bond acceptors (Lipinski definition) is 4. The van der Waals surface area contributed by atoms with Crippen LogP contribution >= 0.6 is 24.0 Å². The predicted octanol–water partition coefficient (Wildman–Crippen LogP) is 0.808. The highest BCUT2D eigenvalue weighted by atomic mass is 127. The Kier molecular flexibility index (Phi) is 12.0. The van der Waals surface area contributed by atoms with Crippen molar-refractivity contribution in [2.24, 2.45) is 4.99 Å². The zero-order valence-electron chi connectivity index (χ0n) is 15.4. The third kappa shape index (κ3) is 9.35. The first-order valence-electron chi connectivity index (χ1n) is 8.83. The van der Waals surface area contributed by atoms with E-state index in [1.54, 1.807) is 7.05 Å². The van der Waals surface area contributed by atoms with Crippen LogP contribution in [0.15, 0.2) is 35.3 Å². The molecule has 1 amide bonds. The summed E-state index contributed by atoms with van der Waals surface area (Å²) in [5.41, 5.74) is 1.10. The fourth-order valence-electron chi connectivity index (χ4n) is 2.56. The minimum atomic E-state index is 0. The summed E-state index contributed by atoms with van der Waals surface area (Å²) in [6.45, 7) is 6.48. The molecule has 2 rings (SSSR count). The summed E-state index contributed by atoms with van der Waals surface area (Å²) in [4.78, 5) is 18.4. The number of nitrogens with zero attached hydrogens (tertiary/aromatic N) is 2. The molecule has 0 unspecified atom stereocenters. The molecule has 0 bridgehead atoms. The molecule has 1 aromatic rings. The first-order chi connectivity index (χ1) is 12.3. The summed E-state index contributed by atoms with van der Waals surface area (Å²) in [6.07, 6.45) is 0.414. The Hall–Kier alpha value is -1.39. The van der Waals surface area contributed by atoms with Gasteiger partial charge in [-0.05, 0) is 5.56 Å². The van der Waals surface area contributed by atoms with Gasteiger partial charge in [0.15, 0.2) is 5.96 Å². The number of morpholine rings is 1. The van der Waals surface area contributed by atoms with Gasteiger partial charge in [-0.15, -0.1) is 24.0 Å². The molecule has 1 heterocycles. The van der Waals surface area contributed by atoms with Crippen LogP contribution in [0.3, 0.4) is 0 Å².